The van der Waals surface area contributed by atoms with Crippen LogP contribution in [0.2, 0.25) is 0 Å². The molecule has 0 spiro atoms. The van der Waals surface area contributed by atoms with Gasteiger partial charge in [-0.15, -0.1) is 17.0 Å². The van der Waals surface area contributed by atoms with E-state index in [1.165, 1.54) is 0 Å². The Bertz CT molecular complexity index is 508. The number of pyridine rings is 1. The minimum atomic E-state index is -0.376. The summed E-state index contributed by atoms with van der Waals surface area (Å²) in [5.41, 5.74) is 2.23. The number of esters is 1. The van der Waals surface area contributed by atoms with Crippen molar-refractivity contribution in [3.8, 4) is 0 Å². The van der Waals surface area contributed by atoms with Crippen LogP contribution in [0.3, 0.4) is 0 Å². The standard InChI is InChI=1S/C11H12N2O2.BrH/c1-3-15-11(14)9-7-13-5-4-8(2)6-10(13)12-9;/h4-7H,3H2,1-2H3;1H. The van der Waals surface area contributed by atoms with E-state index >= 15 is 0 Å². The fourth-order valence-electron chi connectivity index (χ4n) is 1.39. The van der Waals surface area contributed by atoms with E-state index in [9.17, 15) is 4.79 Å². The molecule has 86 valence electrons. The Morgan fingerprint density at radius 3 is 3.00 bits per heavy atom. The number of halogens is 1. The first-order valence-corrected chi connectivity index (χ1v) is 4.83. The lowest BCUT2D eigenvalue weighted by molar-refractivity contribution is 0.0520. The van der Waals surface area contributed by atoms with Crippen LogP contribution in [0.25, 0.3) is 5.65 Å². The SMILES string of the molecule is Br.CCOC(=O)c1cn2ccc(C)cc2n1. The summed E-state index contributed by atoms with van der Waals surface area (Å²) in [6.45, 7) is 4.13. The molecular weight excluding hydrogens is 272 g/mol. The van der Waals surface area contributed by atoms with E-state index < -0.39 is 0 Å². The summed E-state index contributed by atoms with van der Waals surface area (Å²) in [7, 11) is 0. The number of aromatic nitrogens is 2. The summed E-state index contributed by atoms with van der Waals surface area (Å²) in [5, 5.41) is 0. The predicted octanol–water partition coefficient (Wildman–Crippen LogP) is 2.40. The number of nitrogens with zero attached hydrogens (tertiary/aromatic N) is 2. The van der Waals surface area contributed by atoms with E-state index in [1.807, 2.05) is 25.3 Å². The van der Waals surface area contributed by atoms with Gasteiger partial charge in [-0.25, -0.2) is 9.78 Å². The van der Waals surface area contributed by atoms with E-state index in [-0.39, 0.29) is 23.0 Å². The maximum Gasteiger partial charge on any atom is 0.358 e. The molecule has 0 aliphatic carbocycles. The highest BCUT2D eigenvalue weighted by Crippen LogP contribution is 2.08. The molecule has 16 heavy (non-hydrogen) atoms. The summed E-state index contributed by atoms with van der Waals surface area (Å²) in [6, 6.07) is 3.88. The lowest BCUT2D eigenvalue weighted by atomic mass is 10.3. The summed E-state index contributed by atoms with van der Waals surface area (Å²) in [5.74, 6) is -0.376. The van der Waals surface area contributed by atoms with Gasteiger partial charge in [0.15, 0.2) is 5.69 Å². The minimum Gasteiger partial charge on any atom is -0.461 e. The van der Waals surface area contributed by atoms with Crippen molar-refractivity contribution in [3.63, 3.8) is 0 Å². The fourth-order valence-corrected chi connectivity index (χ4v) is 1.39. The maximum absolute atomic E-state index is 11.4. The van der Waals surface area contributed by atoms with E-state index in [2.05, 4.69) is 4.98 Å². The van der Waals surface area contributed by atoms with Gasteiger partial charge < -0.3 is 9.14 Å². The van der Waals surface area contributed by atoms with E-state index in [0.717, 1.165) is 11.2 Å². The molecule has 0 aliphatic heterocycles. The van der Waals surface area contributed by atoms with Crippen molar-refractivity contribution < 1.29 is 9.53 Å². The second kappa shape index (κ2) is 5.12. The Morgan fingerprint density at radius 2 is 2.31 bits per heavy atom. The number of aryl methyl sites for hydroxylation is 1. The van der Waals surface area contributed by atoms with Gasteiger partial charge in [-0.2, -0.15) is 0 Å². The van der Waals surface area contributed by atoms with Crippen molar-refractivity contribution in [1.82, 2.24) is 9.38 Å². The van der Waals surface area contributed by atoms with Crippen LogP contribution in [-0.4, -0.2) is 22.0 Å². The molecule has 0 aromatic carbocycles. The molecule has 5 heteroatoms. The summed E-state index contributed by atoms with van der Waals surface area (Å²) < 4.78 is 6.68. The molecule has 0 amide bonds. The number of hydrogen-bond donors (Lipinski definition) is 0. The average Bonchev–Trinajstić information content (AvgIpc) is 2.60. The van der Waals surface area contributed by atoms with Gasteiger partial charge >= 0.3 is 5.97 Å². The molecule has 0 N–H and O–H groups in total. The molecule has 0 saturated heterocycles. The largest absolute Gasteiger partial charge is 0.461 e. The number of carbonyl (C=O) groups excluding carboxylic acids is 1. The van der Waals surface area contributed by atoms with Crippen LogP contribution in [0.1, 0.15) is 23.0 Å². The van der Waals surface area contributed by atoms with Gasteiger partial charge in [0.2, 0.25) is 0 Å². The second-order valence-electron chi connectivity index (χ2n) is 3.32. The van der Waals surface area contributed by atoms with Gasteiger partial charge in [0, 0.05) is 12.4 Å². The maximum atomic E-state index is 11.4. The molecule has 0 bridgehead atoms. The minimum absolute atomic E-state index is 0. The van der Waals surface area contributed by atoms with Crippen LogP contribution in [0.5, 0.6) is 0 Å². The van der Waals surface area contributed by atoms with Gasteiger partial charge in [0.25, 0.3) is 0 Å². The third-order valence-corrected chi connectivity index (χ3v) is 2.10. The molecule has 2 aromatic heterocycles. The fraction of sp³-hybridized carbons (Fsp3) is 0.273. The number of ether oxygens (including phenoxy) is 1. The molecule has 2 heterocycles. The second-order valence-corrected chi connectivity index (χ2v) is 3.32. The van der Waals surface area contributed by atoms with Crippen molar-refractivity contribution >= 4 is 28.6 Å². The zero-order valence-electron chi connectivity index (χ0n) is 9.14. The third kappa shape index (κ3) is 2.41. The van der Waals surface area contributed by atoms with E-state index in [0.29, 0.717) is 12.3 Å². The van der Waals surface area contributed by atoms with Crippen molar-refractivity contribution in [3.05, 3.63) is 35.8 Å². The molecular formula is C11H13BrN2O2. The smallest absolute Gasteiger partial charge is 0.358 e. The lowest BCUT2D eigenvalue weighted by Crippen LogP contribution is -2.04. The third-order valence-electron chi connectivity index (χ3n) is 2.10. The average molecular weight is 285 g/mol. The zero-order chi connectivity index (χ0) is 10.8. The van der Waals surface area contributed by atoms with Gasteiger partial charge in [0.1, 0.15) is 5.65 Å². The van der Waals surface area contributed by atoms with E-state index in [4.69, 9.17) is 4.74 Å². The Kier molecular flexibility index (Phi) is 4.06. The highest BCUT2D eigenvalue weighted by molar-refractivity contribution is 8.93. The van der Waals surface area contributed by atoms with Crippen molar-refractivity contribution in [1.29, 1.82) is 0 Å². The first-order valence-electron chi connectivity index (χ1n) is 4.83. The van der Waals surface area contributed by atoms with Crippen LogP contribution < -0.4 is 0 Å². The van der Waals surface area contributed by atoms with Gasteiger partial charge in [0.05, 0.1) is 6.61 Å². The first-order chi connectivity index (χ1) is 7.20. The van der Waals surface area contributed by atoms with E-state index in [1.54, 1.807) is 17.5 Å². The molecule has 2 rings (SSSR count). The predicted molar refractivity (Wildman–Crippen MR) is 66.2 cm³/mol. The molecule has 0 saturated carbocycles. The van der Waals surface area contributed by atoms with Crippen LogP contribution in [-0.2, 0) is 4.74 Å². The Balaban J connectivity index is 0.00000128. The number of fused-ring (bicyclic) bond motifs is 1. The summed E-state index contributed by atoms with van der Waals surface area (Å²) >= 11 is 0. The van der Waals surface area contributed by atoms with Crippen LogP contribution in [0.15, 0.2) is 24.5 Å². The summed E-state index contributed by atoms with van der Waals surface area (Å²) in [6.07, 6.45) is 3.55. The summed E-state index contributed by atoms with van der Waals surface area (Å²) in [4.78, 5) is 15.6. The Labute approximate surface area is 104 Å². The number of carbonyl (C=O) groups is 1. The number of hydrogen-bond acceptors (Lipinski definition) is 3. The monoisotopic (exact) mass is 284 g/mol. The highest BCUT2D eigenvalue weighted by atomic mass is 79.9. The Hall–Kier alpha value is -1.36. The van der Waals surface area contributed by atoms with Crippen molar-refractivity contribution in [2.75, 3.05) is 6.61 Å². The molecule has 0 atom stereocenters. The molecule has 0 radical (unpaired) electrons. The van der Waals surface area contributed by atoms with Gasteiger partial charge in [-0.3, -0.25) is 0 Å². The normalized spacial score (nSPS) is 9.88. The Morgan fingerprint density at radius 1 is 1.56 bits per heavy atom. The molecule has 2 aromatic rings. The molecule has 0 unspecified atom stereocenters. The first kappa shape index (κ1) is 12.7. The highest BCUT2D eigenvalue weighted by Gasteiger charge is 2.10. The zero-order valence-corrected chi connectivity index (χ0v) is 10.8. The quantitative estimate of drug-likeness (QED) is 0.796. The topological polar surface area (TPSA) is 43.6 Å². The lowest BCUT2D eigenvalue weighted by Gasteiger charge is -1.95. The van der Waals surface area contributed by atoms with Crippen molar-refractivity contribution in [2.45, 2.75) is 13.8 Å². The van der Waals surface area contributed by atoms with Crippen LogP contribution in [0.4, 0.5) is 0 Å². The van der Waals surface area contributed by atoms with Gasteiger partial charge in [-0.05, 0) is 31.5 Å². The van der Waals surface area contributed by atoms with Crippen molar-refractivity contribution in [2.24, 2.45) is 0 Å². The molecule has 0 fully saturated rings. The number of rotatable bonds is 2. The molecule has 0 aliphatic rings. The van der Waals surface area contributed by atoms with Crippen LogP contribution >= 0.6 is 17.0 Å². The number of imidazole rings is 1. The van der Waals surface area contributed by atoms with Crippen LogP contribution in [0, 0.1) is 6.92 Å². The molecule has 4 nitrogen and oxygen atoms in total. The van der Waals surface area contributed by atoms with Gasteiger partial charge in [-0.1, -0.05) is 0 Å².